The minimum atomic E-state index is 0.0276. The van der Waals surface area contributed by atoms with E-state index < -0.39 is 0 Å². The van der Waals surface area contributed by atoms with Gasteiger partial charge in [0.15, 0.2) is 5.96 Å². The molecule has 2 rings (SSSR count). The number of aryl methyl sites for hydroxylation is 1. The molecule has 2 N–H and O–H groups in total. The van der Waals surface area contributed by atoms with Crippen LogP contribution >= 0.6 is 0 Å². The highest BCUT2D eigenvalue weighted by Crippen LogP contribution is 2.16. The number of benzene rings is 2. The summed E-state index contributed by atoms with van der Waals surface area (Å²) < 4.78 is 0. The van der Waals surface area contributed by atoms with Gasteiger partial charge in [0.1, 0.15) is 0 Å². The summed E-state index contributed by atoms with van der Waals surface area (Å²) in [5.74, 6) is 1.21. The number of amides is 1. The van der Waals surface area contributed by atoms with E-state index in [1.165, 1.54) is 11.1 Å². The minimum Gasteiger partial charge on any atom is -0.357 e. The van der Waals surface area contributed by atoms with Crippen molar-refractivity contribution in [3.8, 4) is 0 Å². The fourth-order valence-electron chi connectivity index (χ4n) is 3.10. The number of hydrogen-bond donors (Lipinski definition) is 2. The Hall–Kier alpha value is -2.82. The van der Waals surface area contributed by atoms with Crippen molar-refractivity contribution in [2.24, 2.45) is 4.99 Å². The highest BCUT2D eigenvalue weighted by atomic mass is 16.2. The molecule has 1 atom stereocenters. The first-order chi connectivity index (χ1) is 13.9. The Morgan fingerprint density at radius 3 is 2.55 bits per heavy atom. The molecule has 0 spiro atoms. The van der Waals surface area contributed by atoms with E-state index in [1.54, 1.807) is 19.0 Å². The average molecular weight is 395 g/mol. The van der Waals surface area contributed by atoms with Crippen LogP contribution in [-0.2, 0) is 6.42 Å². The Bertz CT molecular complexity index is 829. The van der Waals surface area contributed by atoms with Crippen molar-refractivity contribution in [1.82, 2.24) is 15.5 Å². The largest absolute Gasteiger partial charge is 0.357 e. The first-order valence-electron chi connectivity index (χ1n) is 10.3. The molecular weight excluding hydrogens is 360 g/mol. The van der Waals surface area contributed by atoms with Crippen LogP contribution in [-0.4, -0.2) is 50.5 Å². The van der Waals surface area contributed by atoms with Gasteiger partial charge in [0, 0.05) is 45.2 Å². The molecule has 0 aromatic heterocycles. The van der Waals surface area contributed by atoms with Gasteiger partial charge in [0.05, 0.1) is 0 Å². The molecule has 0 fully saturated rings. The molecule has 0 aliphatic heterocycles. The number of carbonyl (C=O) groups excluding carboxylic acids is 1. The van der Waals surface area contributed by atoms with E-state index >= 15 is 0 Å². The Balaban J connectivity index is 1.93. The third-order valence-corrected chi connectivity index (χ3v) is 4.76. The van der Waals surface area contributed by atoms with E-state index in [0.29, 0.717) is 5.92 Å². The maximum Gasteiger partial charge on any atom is 0.253 e. The van der Waals surface area contributed by atoms with Gasteiger partial charge in [0.2, 0.25) is 0 Å². The maximum absolute atomic E-state index is 12.1. The van der Waals surface area contributed by atoms with E-state index in [2.05, 4.69) is 61.7 Å². The lowest BCUT2D eigenvalue weighted by molar-refractivity contribution is 0.0827. The molecule has 0 saturated carbocycles. The van der Waals surface area contributed by atoms with Crippen LogP contribution < -0.4 is 10.6 Å². The van der Waals surface area contributed by atoms with Crippen LogP contribution in [0.2, 0.25) is 0 Å². The van der Waals surface area contributed by atoms with Crippen molar-refractivity contribution >= 4 is 11.9 Å². The van der Waals surface area contributed by atoms with Crippen LogP contribution in [0.3, 0.4) is 0 Å². The summed E-state index contributed by atoms with van der Waals surface area (Å²) in [7, 11) is 3.54. The normalized spacial score (nSPS) is 12.4. The van der Waals surface area contributed by atoms with Crippen molar-refractivity contribution in [1.29, 1.82) is 0 Å². The number of hydrogen-bond acceptors (Lipinski definition) is 2. The molecule has 0 bridgehead atoms. The van der Waals surface area contributed by atoms with Gasteiger partial charge in [-0.1, -0.05) is 48.9 Å². The summed E-state index contributed by atoms with van der Waals surface area (Å²) in [6.45, 7) is 8.69. The van der Waals surface area contributed by atoms with Gasteiger partial charge in [-0.25, -0.2) is 0 Å². The summed E-state index contributed by atoms with van der Waals surface area (Å²) >= 11 is 0. The van der Waals surface area contributed by atoms with Crippen molar-refractivity contribution in [3.05, 3.63) is 70.8 Å². The summed E-state index contributed by atoms with van der Waals surface area (Å²) in [5.41, 5.74) is 4.44. The Labute approximate surface area is 175 Å². The summed E-state index contributed by atoms with van der Waals surface area (Å²) in [6.07, 6.45) is 0.826. The molecule has 5 nitrogen and oxygen atoms in total. The number of nitrogens with zero attached hydrogens (tertiary/aromatic N) is 2. The molecule has 0 aliphatic carbocycles. The van der Waals surface area contributed by atoms with Crippen LogP contribution in [0.15, 0.2) is 53.5 Å². The van der Waals surface area contributed by atoms with Crippen LogP contribution in [0.5, 0.6) is 0 Å². The monoisotopic (exact) mass is 394 g/mol. The number of aliphatic imine (C=N–C) groups is 1. The van der Waals surface area contributed by atoms with Gasteiger partial charge >= 0.3 is 0 Å². The standard InChI is InChI=1S/C24H34N4O/c1-6-25-24(27-17-19(3)21-11-7-9-18(2)15-21)26-14-13-20-10-8-12-22(16-20)23(29)28(4)5/h7-12,15-16,19H,6,13-14,17H2,1-5H3,(H2,25,26,27). The number of nitrogens with one attached hydrogen (secondary N) is 2. The highest BCUT2D eigenvalue weighted by Gasteiger charge is 2.09. The molecule has 0 aliphatic rings. The van der Waals surface area contributed by atoms with Crippen LogP contribution in [0.4, 0.5) is 0 Å². The SMILES string of the molecule is CCNC(=NCC(C)c1cccc(C)c1)NCCc1cccc(C(=O)N(C)C)c1. The van der Waals surface area contributed by atoms with Crippen molar-refractivity contribution < 1.29 is 4.79 Å². The lowest BCUT2D eigenvalue weighted by Crippen LogP contribution is -2.38. The van der Waals surface area contributed by atoms with Crippen molar-refractivity contribution in [3.63, 3.8) is 0 Å². The lowest BCUT2D eigenvalue weighted by Gasteiger charge is -2.15. The Morgan fingerprint density at radius 1 is 1.10 bits per heavy atom. The topological polar surface area (TPSA) is 56.7 Å². The molecule has 0 heterocycles. The zero-order chi connectivity index (χ0) is 21.2. The fourth-order valence-corrected chi connectivity index (χ4v) is 3.10. The maximum atomic E-state index is 12.1. The van der Waals surface area contributed by atoms with Crippen LogP contribution in [0.1, 0.15) is 46.8 Å². The van der Waals surface area contributed by atoms with Crippen molar-refractivity contribution in [2.75, 3.05) is 33.7 Å². The van der Waals surface area contributed by atoms with E-state index in [-0.39, 0.29) is 5.91 Å². The van der Waals surface area contributed by atoms with Gasteiger partial charge in [-0.15, -0.1) is 0 Å². The molecule has 2 aromatic rings. The summed E-state index contributed by atoms with van der Waals surface area (Å²) in [4.78, 5) is 18.5. The molecule has 0 saturated heterocycles. The fraction of sp³-hybridized carbons (Fsp3) is 0.417. The van der Waals surface area contributed by atoms with Crippen LogP contribution in [0, 0.1) is 6.92 Å². The molecule has 29 heavy (non-hydrogen) atoms. The van der Waals surface area contributed by atoms with E-state index in [4.69, 9.17) is 4.99 Å². The quantitative estimate of drug-likeness (QED) is 0.531. The first kappa shape index (κ1) is 22.5. The van der Waals surface area contributed by atoms with Crippen LogP contribution in [0.25, 0.3) is 0 Å². The van der Waals surface area contributed by atoms with Gasteiger partial charge in [-0.3, -0.25) is 9.79 Å². The smallest absolute Gasteiger partial charge is 0.253 e. The number of guanidine groups is 1. The second-order valence-corrected chi connectivity index (χ2v) is 7.61. The number of rotatable bonds is 8. The summed E-state index contributed by atoms with van der Waals surface area (Å²) in [5, 5.41) is 6.71. The Kier molecular flexibility index (Phi) is 8.71. The molecule has 2 aromatic carbocycles. The molecule has 1 amide bonds. The zero-order valence-electron chi connectivity index (χ0n) is 18.3. The lowest BCUT2D eigenvalue weighted by atomic mass is 10.00. The van der Waals surface area contributed by atoms with E-state index in [1.807, 2.05) is 18.2 Å². The second-order valence-electron chi connectivity index (χ2n) is 7.61. The molecule has 1 unspecified atom stereocenters. The molecular formula is C24H34N4O. The molecule has 156 valence electrons. The second kappa shape index (κ2) is 11.2. The molecule has 0 radical (unpaired) electrons. The third kappa shape index (κ3) is 7.26. The predicted molar refractivity (Wildman–Crippen MR) is 122 cm³/mol. The highest BCUT2D eigenvalue weighted by molar-refractivity contribution is 5.94. The van der Waals surface area contributed by atoms with Gasteiger partial charge in [-0.05, 0) is 43.5 Å². The van der Waals surface area contributed by atoms with Crippen molar-refractivity contribution in [2.45, 2.75) is 33.1 Å². The zero-order valence-corrected chi connectivity index (χ0v) is 18.3. The first-order valence-corrected chi connectivity index (χ1v) is 10.3. The summed E-state index contributed by atoms with van der Waals surface area (Å²) in [6, 6.07) is 16.4. The minimum absolute atomic E-state index is 0.0276. The Morgan fingerprint density at radius 2 is 1.86 bits per heavy atom. The van der Waals surface area contributed by atoms with E-state index in [0.717, 1.165) is 43.1 Å². The average Bonchev–Trinajstić information content (AvgIpc) is 2.71. The van der Waals surface area contributed by atoms with Gasteiger partial charge < -0.3 is 15.5 Å². The predicted octanol–water partition coefficient (Wildman–Crippen LogP) is 3.60. The van der Waals surface area contributed by atoms with Gasteiger partial charge in [-0.2, -0.15) is 0 Å². The van der Waals surface area contributed by atoms with Gasteiger partial charge in [0.25, 0.3) is 5.91 Å². The number of carbonyl (C=O) groups is 1. The molecule has 5 heteroatoms. The van der Waals surface area contributed by atoms with E-state index in [9.17, 15) is 4.79 Å². The third-order valence-electron chi connectivity index (χ3n) is 4.76.